The number of hydrogen-bond acceptors (Lipinski definition) is 5. The van der Waals surface area contributed by atoms with Gasteiger partial charge in [0.15, 0.2) is 0 Å². The molecule has 5 nitrogen and oxygen atoms in total. The smallest absolute Gasteiger partial charge is 0.265 e. The predicted octanol–water partition coefficient (Wildman–Crippen LogP) is 5.71. The molecule has 2 heterocycles. The minimum atomic E-state index is -0.0934. The van der Waals surface area contributed by atoms with Gasteiger partial charge in [-0.25, -0.2) is 4.68 Å². The lowest BCUT2D eigenvalue weighted by Gasteiger charge is -2.13. The van der Waals surface area contributed by atoms with Gasteiger partial charge in [0.05, 0.1) is 17.2 Å². The topological polar surface area (TPSA) is 47.4 Å². The van der Waals surface area contributed by atoms with E-state index in [0.29, 0.717) is 21.8 Å². The molecule has 1 aromatic heterocycles. The van der Waals surface area contributed by atoms with Gasteiger partial charge < -0.3 is 4.74 Å². The number of para-hydroxylation sites is 1. The second-order valence-electron chi connectivity index (χ2n) is 8.09. The number of aromatic nitrogens is 2. The molecule has 1 aliphatic rings. The number of thiocarbonyl (C=S) groups is 1. The zero-order valence-electron chi connectivity index (χ0n) is 18.5. The van der Waals surface area contributed by atoms with Crippen LogP contribution in [0.15, 0.2) is 59.6 Å². The molecule has 1 amide bonds. The first-order valence-corrected chi connectivity index (χ1v) is 11.7. The van der Waals surface area contributed by atoms with Crippen molar-refractivity contribution in [1.82, 2.24) is 14.7 Å². The lowest BCUT2D eigenvalue weighted by atomic mass is 10.0. The standard InChI is InChI=1S/C25H25N3O2S2/c1-16(2)15-30-21-12-8-11-20(17(21)3)23-18(13-22-24(29)27(4)25(31)32-22)14-28(26-23)19-9-6-5-7-10-19/h5-14,16H,15H2,1-4H3. The maximum absolute atomic E-state index is 12.6. The summed E-state index contributed by atoms with van der Waals surface area (Å²) in [6, 6.07) is 15.9. The van der Waals surface area contributed by atoms with E-state index < -0.39 is 0 Å². The molecule has 0 saturated carbocycles. The number of nitrogens with zero attached hydrogens (tertiary/aromatic N) is 3. The number of thioether (sulfide) groups is 1. The van der Waals surface area contributed by atoms with Crippen molar-refractivity contribution in [3.8, 4) is 22.7 Å². The van der Waals surface area contributed by atoms with Crippen molar-refractivity contribution in [3.63, 3.8) is 0 Å². The Morgan fingerprint density at radius 2 is 1.91 bits per heavy atom. The van der Waals surface area contributed by atoms with E-state index >= 15 is 0 Å². The van der Waals surface area contributed by atoms with Gasteiger partial charge in [-0.1, -0.05) is 68.2 Å². The molecule has 32 heavy (non-hydrogen) atoms. The van der Waals surface area contributed by atoms with E-state index in [-0.39, 0.29) is 5.91 Å². The van der Waals surface area contributed by atoms with E-state index in [1.165, 1.54) is 16.7 Å². The van der Waals surface area contributed by atoms with Crippen molar-refractivity contribution in [2.45, 2.75) is 20.8 Å². The fourth-order valence-electron chi connectivity index (χ4n) is 3.39. The second kappa shape index (κ2) is 9.30. The maximum Gasteiger partial charge on any atom is 0.265 e. The monoisotopic (exact) mass is 463 g/mol. The Balaban J connectivity index is 1.83. The summed E-state index contributed by atoms with van der Waals surface area (Å²) in [5.41, 5.74) is 4.58. The van der Waals surface area contributed by atoms with Gasteiger partial charge in [0.2, 0.25) is 0 Å². The van der Waals surface area contributed by atoms with Gasteiger partial charge in [0.1, 0.15) is 15.8 Å². The molecule has 1 fully saturated rings. The van der Waals surface area contributed by atoms with Crippen molar-refractivity contribution >= 4 is 40.3 Å². The zero-order chi connectivity index (χ0) is 22.8. The molecule has 4 rings (SSSR count). The molecular weight excluding hydrogens is 438 g/mol. The first-order valence-electron chi connectivity index (χ1n) is 10.4. The third-order valence-electron chi connectivity index (χ3n) is 5.15. The molecule has 1 saturated heterocycles. The molecular formula is C25H25N3O2S2. The Hall–Kier alpha value is -2.90. The third kappa shape index (κ3) is 4.49. The summed E-state index contributed by atoms with van der Waals surface area (Å²) < 4.78 is 8.43. The minimum absolute atomic E-state index is 0.0934. The molecule has 0 bridgehead atoms. The molecule has 0 N–H and O–H groups in total. The van der Waals surface area contributed by atoms with E-state index in [0.717, 1.165) is 33.8 Å². The highest BCUT2D eigenvalue weighted by Crippen LogP contribution is 2.36. The van der Waals surface area contributed by atoms with Crippen LogP contribution in [0.3, 0.4) is 0 Å². The Morgan fingerprint density at radius 3 is 2.56 bits per heavy atom. The zero-order valence-corrected chi connectivity index (χ0v) is 20.2. The van der Waals surface area contributed by atoms with Crippen LogP contribution in [-0.2, 0) is 4.79 Å². The van der Waals surface area contributed by atoms with Gasteiger partial charge in [-0.05, 0) is 37.1 Å². The Morgan fingerprint density at radius 1 is 1.16 bits per heavy atom. The molecule has 0 aliphatic carbocycles. The fraction of sp³-hybridized carbons (Fsp3) is 0.240. The average Bonchev–Trinajstić information content (AvgIpc) is 3.30. The number of amides is 1. The SMILES string of the molecule is Cc1c(OCC(C)C)cccc1-c1nn(-c2ccccc2)cc1C=C1SC(=S)N(C)C1=O. The number of carbonyl (C=O) groups excluding carboxylic acids is 1. The maximum atomic E-state index is 12.6. The van der Waals surface area contributed by atoms with Crippen LogP contribution in [0.5, 0.6) is 5.75 Å². The molecule has 0 unspecified atom stereocenters. The minimum Gasteiger partial charge on any atom is -0.493 e. The van der Waals surface area contributed by atoms with Crippen LogP contribution in [0.25, 0.3) is 23.0 Å². The largest absolute Gasteiger partial charge is 0.493 e. The van der Waals surface area contributed by atoms with Crippen LogP contribution >= 0.6 is 24.0 Å². The van der Waals surface area contributed by atoms with Gasteiger partial charge in [-0.15, -0.1) is 0 Å². The van der Waals surface area contributed by atoms with Crippen LogP contribution in [-0.4, -0.2) is 38.6 Å². The molecule has 1 aliphatic heterocycles. The molecule has 0 radical (unpaired) electrons. The van der Waals surface area contributed by atoms with Gasteiger partial charge in [0.25, 0.3) is 5.91 Å². The van der Waals surface area contributed by atoms with Crippen molar-refractivity contribution in [2.75, 3.05) is 13.7 Å². The number of carbonyl (C=O) groups is 1. The van der Waals surface area contributed by atoms with E-state index in [1.807, 2.05) is 72.4 Å². The summed E-state index contributed by atoms with van der Waals surface area (Å²) in [5, 5.41) is 4.90. The Kier molecular flexibility index (Phi) is 6.48. The van der Waals surface area contributed by atoms with Crippen molar-refractivity contribution < 1.29 is 9.53 Å². The average molecular weight is 464 g/mol. The van der Waals surface area contributed by atoms with E-state index in [9.17, 15) is 4.79 Å². The fourth-order valence-corrected chi connectivity index (χ4v) is 4.56. The van der Waals surface area contributed by atoms with Crippen LogP contribution in [0, 0.1) is 12.8 Å². The number of hydrogen-bond donors (Lipinski definition) is 0. The number of benzene rings is 2. The van der Waals surface area contributed by atoms with Gasteiger partial charge in [-0.2, -0.15) is 5.10 Å². The molecule has 3 aromatic rings. The van der Waals surface area contributed by atoms with Crippen LogP contribution in [0.4, 0.5) is 0 Å². The highest BCUT2D eigenvalue weighted by atomic mass is 32.2. The third-order valence-corrected chi connectivity index (χ3v) is 6.63. The number of rotatable bonds is 6. The summed E-state index contributed by atoms with van der Waals surface area (Å²) >= 11 is 6.61. The summed E-state index contributed by atoms with van der Waals surface area (Å²) in [5.74, 6) is 1.18. The van der Waals surface area contributed by atoms with Crippen LogP contribution < -0.4 is 4.74 Å². The molecule has 7 heteroatoms. The van der Waals surface area contributed by atoms with Gasteiger partial charge in [-0.3, -0.25) is 9.69 Å². The van der Waals surface area contributed by atoms with E-state index in [1.54, 1.807) is 7.05 Å². The highest BCUT2D eigenvalue weighted by molar-refractivity contribution is 8.26. The summed E-state index contributed by atoms with van der Waals surface area (Å²) in [6.45, 7) is 6.95. The van der Waals surface area contributed by atoms with Crippen LogP contribution in [0.1, 0.15) is 25.0 Å². The summed E-state index contributed by atoms with van der Waals surface area (Å²) in [4.78, 5) is 14.7. The van der Waals surface area contributed by atoms with Crippen molar-refractivity contribution in [1.29, 1.82) is 0 Å². The van der Waals surface area contributed by atoms with Crippen molar-refractivity contribution in [2.24, 2.45) is 5.92 Å². The van der Waals surface area contributed by atoms with Crippen molar-refractivity contribution in [3.05, 3.63) is 70.8 Å². The quantitative estimate of drug-likeness (QED) is 0.346. The lowest BCUT2D eigenvalue weighted by Crippen LogP contribution is -2.22. The number of likely N-dealkylation sites (N-methyl/N-ethyl adjacent to an activating group) is 1. The Labute approximate surface area is 198 Å². The molecule has 2 aromatic carbocycles. The van der Waals surface area contributed by atoms with E-state index in [2.05, 4.69) is 13.8 Å². The normalized spacial score (nSPS) is 15.3. The number of ether oxygens (including phenoxy) is 1. The Bertz CT molecular complexity index is 1200. The van der Waals surface area contributed by atoms with Gasteiger partial charge in [0, 0.05) is 29.9 Å². The second-order valence-corrected chi connectivity index (χ2v) is 9.76. The highest BCUT2D eigenvalue weighted by Gasteiger charge is 2.29. The van der Waals surface area contributed by atoms with Crippen LogP contribution in [0.2, 0.25) is 0 Å². The summed E-state index contributed by atoms with van der Waals surface area (Å²) in [6.07, 6.45) is 3.83. The molecule has 0 spiro atoms. The molecule has 164 valence electrons. The van der Waals surface area contributed by atoms with Gasteiger partial charge >= 0.3 is 0 Å². The lowest BCUT2D eigenvalue weighted by molar-refractivity contribution is -0.121. The predicted molar refractivity (Wildman–Crippen MR) is 135 cm³/mol. The van der Waals surface area contributed by atoms with E-state index in [4.69, 9.17) is 22.1 Å². The first-order chi connectivity index (χ1) is 15.3. The molecule has 0 atom stereocenters. The summed E-state index contributed by atoms with van der Waals surface area (Å²) in [7, 11) is 1.70. The first kappa shape index (κ1) is 22.3.